The normalized spacial score (nSPS) is 15.9. The van der Waals surface area contributed by atoms with Crippen molar-refractivity contribution in [3.05, 3.63) is 29.3 Å². The number of carbonyl (C=O) groups is 2. The zero-order chi connectivity index (χ0) is 13.3. The van der Waals surface area contributed by atoms with Crippen LogP contribution < -0.4 is 11.1 Å². The van der Waals surface area contributed by atoms with Gasteiger partial charge in [0.05, 0.1) is 18.2 Å². The number of amides is 1. The van der Waals surface area contributed by atoms with E-state index in [9.17, 15) is 9.59 Å². The Kier molecular flexibility index (Phi) is 3.09. The largest absolute Gasteiger partial charge is 0.465 e. The molecule has 0 spiro atoms. The van der Waals surface area contributed by atoms with Crippen LogP contribution in [0.5, 0.6) is 0 Å². The highest BCUT2D eigenvalue weighted by Gasteiger charge is 2.45. The van der Waals surface area contributed by atoms with Crippen LogP contribution in [0.1, 0.15) is 28.8 Å². The number of aryl methyl sites for hydroxylation is 1. The summed E-state index contributed by atoms with van der Waals surface area (Å²) in [6.07, 6.45) is 1.44. The minimum Gasteiger partial charge on any atom is -0.465 e. The Labute approximate surface area is 105 Å². The lowest BCUT2D eigenvalue weighted by atomic mass is 10.1. The zero-order valence-corrected chi connectivity index (χ0v) is 10.4. The van der Waals surface area contributed by atoms with Crippen LogP contribution in [0.2, 0.25) is 0 Å². The van der Waals surface area contributed by atoms with Gasteiger partial charge in [-0.25, -0.2) is 4.79 Å². The number of anilines is 1. The third-order valence-corrected chi connectivity index (χ3v) is 3.13. The van der Waals surface area contributed by atoms with Gasteiger partial charge in [-0.15, -0.1) is 0 Å². The molecular formula is C13H16N2O3. The average molecular weight is 248 g/mol. The van der Waals surface area contributed by atoms with Gasteiger partial charge in [0.1, 0.15) is 0 Å². The molecule has 1 aromatic carbocycles. The van der Waals surface area contributed by atoms with E-state index in [-0.39, 0.29) is 11.9 Å². The minimum atomic E-state index is -0.699. The molecule has 96 valence electrons. The second kappa shape index (κ2) is 4.42. The molecule has 5 heteroatoms. The number of hydrogen-bond donors (Lipinski definition) is 2. The number of nitrogens with one attached hydrogen (secondary N) is 1. The molecule has 0 aromatic heterocycles. The van der Waals surface area contributed by atoms with Crippen molar-refractivity contribution in [2.24, 2.45) is 5.73 Å². The van der Waals surface area contributed by atoms with Crippen molar-refractivity contribution in [3.8, 4) is 0 Å². The van der Waals surface area contributed by atoms with Crippen LogP contribution in [0.4, 0.5) is 5.69 Å². The van der Waals surface area contributed by atoms with Gasteiger partial charge in [0.2, 0.25) is 5.91 Å². The predicted octanol–water partition coefficient (Wildman–Crippen LogP) is 1.21. The van der Waals surface area contributed by atoms with Crippen molar-refractivity contribution in [2.45, 2.75) is 25.3 Å². The van der Waals surface area contributed by atoms with E-state index in [1.165, 1.54) is 7.11 Å². The number of rotatable bonds is 3. The molecule has 1 saturated carbocycles. The SMILES string of the molecule is COC(=O)c1ccc(NC(=O)C2(N)CC2)cc1C. The third-order valence-electron chi connectivity index (χ3n) is 3.13. The summed E-state index contributed by atoms with van der Waals surface area (Å²) in [5.74, 6) is -0.560. The minimum absolute atomic E-state index is 0.173. The molecule has 0 bridgehead atoms. The summed E-state index contributed by atoms with van der Waals surface area (Å²) in [5, 5.41) is 2.75. The second-order valence-electron chi connectivity index (χ2n) is 4.63. The lowest BCUT2D eigenvalue weighted by molar-refractivity contribution is -0.118. The molecule has 0 atom stereocenters. The molecule has 1 aliphatic rings. The van der Waals surface area contributed by atoms with Gasteiger partial charge >= 0.3 is 5.97 Å². The third kappa shape index (κ3) is 2.36. The van der Waals surface area contributed by atoms with Gasteiger partial charge in [-0.3, -0.25) is 4.79 Å². The summed E-state index contributed by atoms with van der Waals surface area (Å²) in [4.78, 5) is 23.2. The van der Waals surface area contributed by atoms with Crippen molar-refractivity contribution in [2.75, 3.05) is 12.4 Å². The number of carbonyl (C=O) groups excluding carboxylic acids is 2. The van der Waals surface area contributed by atoms with Gasteiger partial charge in [0.25, 0.3) is 0 Å². The Balaban J connectivity index is 2.14. The van der Waals surface area contributed by atoms with Crippen molar-refractivity contribution in [3.63, 3.8) is 0 Å². The summed E-state index contributed by atoms with van der Waals surface area (Å²) in [7, 11) is 1.34. The van der Waals surface area contributed by atoms with Crippen molar-refractivity contribution in [1.82, 2.24) is 0 Å². The van der Waals surface area contributed by atoms with Crippen LogP contribution in [0.15, 0.2) is 18.2 Å². The molecule has 2 rings (SSSR count). The topological polar surface area (TPSA) is 81.4 Å². The predicted molar refractivity (Wildman–Crippen MR) is 67.3 cm³/mol. The highest BCUT2D eigenvalue weighted by atomic mass is 16.5. The number of ether oxygens (including phenoxy) is 1. The maximum Gasteiger partial charge on any atom is 0.338 e. The fraction of sp³-hybridized carbons (Fsp3) is 0.385. The molecule has 18 heavy (non-hydrogen) atoms. The lowest BCUT2D eigenvalue weighted by Gasteiger charge is -2.11. The van der Waals surface area contributed by atoms with E-state index in [1.54, 1.807) is 25.1 Å². The highest BCUT2D eigenvalue weighted by molar-refractivity contribution is 6.00. The fourth-order valence-electron chi connectivity index (χ4n) is 1.70. The molecule has 0 saturated heterocycles. The number of nitrogens with two attached hydrogens (primary N) is 1. The van der Waals surface area contributed by atoms with Crippen LogP contribution in [0, 0.1) is 6.92 Å². The molecule has 0 unspecified atom stereocenters. The zero-order valence-electron chi connectivity index (χ0n) is 10.4. The first-order valence-corrected chi connectivity index (χ1v) is 5.75. The standard InChI is InChI=1S/C13H16N2O3/c1-8-7-9(3-4-10(8)11(16)18-2)15-12(17)13(14)5-6-13/h3-4,7H,5-6,14H2,1-2H3,(H,15,17). The van der Waals surface area contributed by atoms with E-state index >= 15 is 0 Å². The molecule has 0 heterocycles. The first-order chi connectivity index (χ1) is 8.46. The van der Waals surface area contributed by atoms with Crippen LogP contribution >= 0.6 is 0 Å². The summed E-state index contributed by atoms with van der Waals surface area (Å²) < 4.78 is 4.66. The first kappa shape index (κ1) is 12.6. The van der Waals surface area contributed by atoms with E-state index in [2.05, 4.69) is 10.1 Å². The number of esters is 1. The molecular weight excluding hydrogens is 232 g/mol. The number of methoxy groups -OCH3 is 1. The van der Waals surface area contributed by atoms with Gasteiger partial charge in [0.15, 0.2) is 0 Å². The summed E-state index contributed by atoms with van der Waals surface area (Å²) in [6, 6.07) is 5.03. The number of benzene rings is 1. The van der Waals surface area contributed by atoms with E-state index in [0.29, 0.717) is 11.3 Å². The summed E-state index contributed by atoms with van der Waals surface area (Å²) in [6.45, 7) is 1.79. The Hall–Kier alpha value is -1.88. The first-order valence-electron chi connectivity index (χ1n) is 5.75. The van der Waals surface area contributed by atoms with Gasteiger partial charge < -0.3 is 15.8 Å². The molecule has 3 N–H and O–H groups in total. The smallest absolute Gasteiger partial charge is 0.338 e. The Bertz CT molecular complexity index is 507. The van der Waals surface area contributed by atoms with Crippen LogP contribution in [-0.2, 0) is 9.53 Å². The fourth-order valence-corrected chi connectivity index (χ4v) is 1.70. The van der Waals surface area contributed by atoms with E-state index in [4.69, 9.17) is 5.73 Å². The summed E-state index contributed by atoms with van der Waals surface area (Å²) >= 11 is 0. The van der Waals surface area contributed by atoms with Crippen LogP contribution in [0.3, 0.4) is 0 Å². The number of hydrogen-bond acceptors (Lipinski definition) is 4. The monoisotopic (exact) mass is 248 g/mol. The molecule has 1 amide bonds. The van der Waals surface area contributed by atoms with Crippen molar-refractivity contribution >= 4 is 17.6 Å². The molecule has 5 nitrogen and oxygen atoms in total. The van der Waals surface area contributed by atoms with Crippen molar-refractivity contribution < 1.29 is 14.3 Å². The van der Waals surface area contributed by atoms with E-state index < -0.39 is 5.54 Å². The maximum absolute atomic E-state index is 11.8. The Morgan fingerprint density at radius 2 is 2.06 bits per heavy atom. The van der Waals surface area contributed by atoms with Crippen LogP contribution in [0.25, 0.3) is 0 Å². The van der Waals surface area contributed by atoms with Crippen molar-refractivity contribution in [1.29, 1.82) is 0 Å². The molecule has 1 aliphatic carbocycles. The van der Waals surface area contributed by atoms with Gasteiger partial charge in [0, 0.05) is 5.69 Å². The van der Waals surface area contributed by atoms with Gasteiger partial charge in [-0.1, -0.05) is 0 Å². The lowest BCUT2D eigenvalue weighted by Crippen LogP contribution is -2.37. The second-order valence-corrected chi connectivity index (χ2v) is 4.63. The van der Waals surface area contributed by atoms with Gasteiger partial charge in [-0.05, 0) is 43.5 Å². The van der Waals surface area contributed by atoms with Crippen LogP contribution in [-0.4, -0.2) is 24.5 Å². The van der Waals surface area contributed by atoms with Gasteiger partial charge in [-0.2, -0.15) is 0 Å². The molecule has 0 aliphatic heterocycles. The van der Waals surface area contributed by atoms with E-state index in [1.807, 2.05) is 0 Å². The molecule has 1 fully saturated rings. The average Bonchev–Trinajstić information content (AvgIpc) is 3.08. The van der Waals surface area contributed by atoms with E-state index in [0.717, 1.165) is 18.4 Å². The quantitative estimate of drug-likeness (QED) is 0.788. The Morgan fingerprint density at radius 3 is 2.56 bits per heavy atom. The Morgan fingerprint density at radius 1 is 1.39 bits per heavy atom. The molecule has 1 aromatic rings. The maximum atomic E-state index is 11.8. The molecule has 0 radical (unpaired) electrons. The highest BCUT2D eigenvalue weighted by Crippen LogP contribution is 2.33. The summed E-state index contributed by atoms with van der Waals surface area (Å²) in [5.41, 5.74) is 6.97.